The molecule has 1 N–H and O–H groups in total. The summed E-state index contributed by atoms with van der Waals surface area (Å²) in [6, 6.07) is 11.8. The molecule has 5 rings (SSSR count). The lowest BCUT2D eigenvalue weighted by Gasteiger charge is -2.42. The third kappa shape index (κ3) is 7.05. The summed E-state index contributed by atoms with van der Waals surface area (Å²) in [5.41, 5.74) is 3.11. The van der Waals surface area contributed by atoms with E-state index in [4.69, 9.17) is 13.9 Å². The van der Waals surface area contributed by atoms with E-state index in [0.29, 0.717) is 39.4 Å². The molecule has 0 aliphatic carbocycles. The number of nitrogens with zero attached hydrogens (tertiary/aromatic N) is 2. The lowest BCUT2D eigenvalue weighted by atomic mass is 9.99. The summed E-state index contributed by atoms with van der Waals surface area (Å²) in [5.74, 6) is -1.49. The highest BCUT2D eigenvalue weighted by Gasteiger charge is 2.48. The molecule has 3 aromatic carbocycles. The SMILES string of the molecule is CCOP(=O)(Cc1c(F)cccc1F)Cc1c2cc(Cc3ccc(F)cc3)cnc2c(O[Si](C(C)C)(C(C)C)C(C)C)c2c(O)n(C)cc12. The summed E-state index contributed by atoms with van der Waals surface area (Å²) in [6.07, 6.45) is 3.33. The summed E-state index contributed by atoms with van der Waals surface area (Å²) in [7, 11) is -4.67. The van der Waals surface area contributed by atoms with Crippen molar-refractivity contribution in [3.8, 4) is 11.6 Å². The van der Waals surface area contributed by atoms with Gasteiger partial charge in [-0.05, 0) is 77.0 Å². The van der Waals surface area contributed by atoms with Gasteiger partial charge in [-0.25, -0.2) is 13.2 Å². The highest BCUT2D eigenvalue weighted by molar-refractivity contribution is 7.57. The predicted octanol–water partition coefficient (Wildman–Crippen LogP) is 11.0. The molecule has 1 unspecified atom stereocenters. The number of benzene rings is 3. The van der Waals surface area contributed by atoms with Crippen LogP contribution in [0.15, 0.2) is 60.9 Å². The first-order valence-corrected chi connectivity index (χ1v) is 21.0. The first-order valence-electron chi connectivity index (χ1n) is 16.8. The number of hydrogen-bond acceptors (Lipinski definition) is 5. The van der Waals surface area contributed by atoms with Crippen molar-refractivity contribution in [1.29, 1.82) is 0 Å². The molecule has 2 heterocycles. The largest absolute Gasteiger partial charge is 0.541 e. The van der Waals surface area contributed by atoms with Gasteiger partial charge in [0, 0.05) is 35.8 Å². The Morgan fingerprint density at radius 3 is 2.04 bits per heavy atom. The Balaban J connectivity index is 1.82. The first-order chi connectivity index (χ1) is 23.1. The fraction of sp³-hybridized carbons (Fsp3) is 0.395. The maximum absolute atomic E-state index is 14.9. The van der Waals surface area contributed by atoms with Crippen LogP contribution in [0.4, 0.5) is 13.2 Å². The molecule has 0 amide bonds. The molecule has 6 nitrogen and oxygen atoms in total. The van der Waals surface area contributed by atoms with Crippen molar-refractivity contribution in [3.63, 3.8) is 0 Å². The molecule has 1 atom stereocenters. The zero-order chi connectivity index (χ0) is 35.8. The molecular formula is C38H46F3N2O4PSi. The van der Waals surface area contributed by atoms with Crippen LogP contribution >= 0.6 is 7.37 Å². The molecule has 0 aliphatic heterocycles. The number of aryl methyl sites for hydroxylation is 1. The highest BCUT2D eigenvalue weighted by Crippen LogP contribution is 2.57. The molecular weight excluding hydrogens is 664 g/mol. The number of rotatable bonds is 13. The normalized spacial score (nSPS) is 13.7. The van der Waals surface area contributed by atoms with E-state index in [2.05, 4.69) is 41.5 Å². The Morgan fingerprint density at radius 2 is 1.47 bits per heavy atom. The molecule has 0 aliphatic rings. The van der Waals surface area contributed by atoms with Crippen LogP contribution in [0.3, 0.4) is 0 Å². The van der Waals surface area contributed by atoms with Crippen LogP contribution in [-0.2, 0) is 34.9 Å². The van der Waals surface area contributed by atoms with Gasteiger partial charge in [-0.15, -0.1) is 0 Å². The Kier molecular flexibility index (Phi) is 10.7. The molecule has 0 saturated carbocycles. The number of hydrogen-bond donors (Lipinski definition) is 1. The zero-order valence-corrected chi connectivity index (χ0v) is 31.4. The molecule has 0 spiro atoms. The molecule has 262 valence electrons. The lowest BCUT2D eigenvalue weighted by Crippen LogP contribution is -2.50. The summed E-state index contributed by atoms with van der Waals surface area (Å²) in [6.45, 7) is 14.8. The second-order valence-electron chi connectivity index (χ2n) is 13.9. The molecule has 49 heavy (non-hydrogen) atoms. The van der Waals surface area contributed by atoms with Gasteiger partial charge >= 0.3 is 0 Å². The van der Waals surface area contributed by atoms with Gasteiger partial charge in [-0.1, -0.05) is 59.7 Å². The monoisotopic (exact) mass is 710 g/mol. The van der Waals surface area contributed by atoms with E-state index in [1.54, 1.807) is 43.1 Å². The van der Waals surface area contributed by atoms with Crippen molar-refractivity contribution in [2.75, 3.05) is 6.61 Å². The van der Waals surface area contributed by atoms with E-state index in [0.717, 1.165) is 23.3 Å². The molecule has 2 aromatic heterocycles. The van der Waals surface area contributed by atoms with Crippen LogP contribution in [0.1, 0.15) is 70.7 Å². The quantitative estimate of drug-likeness (QED) is 0.0973. The van der Waals surface area contributed by atoms with E-state index in [9.17, 15) is 22.8 Å². The average Bonchev–Trinajstić information content (AvgIpc) is 3.33. The van der Waals surface area contributed by atoms with Gasteiger partial charge in [0.1, 0.15) is 28.7 Å². The van der Waals surface area contributed by atoms with E-state index in [1.807, 2.05) is 6.07 Å². The minimum absolute atomic E-state index is 0.0316. The molecule has 11 heteroatoms. The van der Waals surface area contributed by atoms with Crippen molar-refractivity contribution in [2.45, 2.75) is 83.8 Å². The number of pyridine rings is 1. The second-order valence-corrected chi connectivity index (χ2v) is 21.8. The summed E-state index contributed by atoms with van der Waals surface area (Å²) >= 11 is 0. The summed E-state index contributed by atoms with van der Waals surface area (Å²) in [5, 5.41) is 13.3. The Bertz CT molecular complexity index is 1990. The topological polar surface area (TPSA) is 73.6 Å². The number of aromatic hydroxyl groups is 1. The van der Waals surface area contributed by atoms with Gasteiger partial charge in [-0.3, -0.25) is 9.55 Å². The minimum Gasteiger partial charge on any atom is -0.541 e. The molecule has 5 aromatic rings. The van der Waals surface area contributed by atoms with Crippen LogP contribution in [0.25, 0.3) is 21.7 Å². The van der Waals surface area contributed by atoms with E-state index >= 15 is 0 Å². The van der Waals surface area contributed by atoms with Gasteiger partial charge < -0.3 is 18.6 Å². The first kappa shape index (κ1) is 36.7. The van der Waals surface area contributed by atoms with Gasteiger partial charge in [0.2, 0.25) is 13.2 Å². The molecule has 0 saturated heterocycles. The third-order valence-electron chi connectivity index (χ3n) is 9.72. The number of halogens is 3. The Morgan fingerprint density at radius 1 is 0.878 bits per heavy atom. The van der Waals surface area contributed by atoms with Gasteiger partial charge in [0.15, 0.2) is 0 Å². The smallest absolute Gasteiger partial charge is 0.258 e. The van der Waals surface area contributed by atoms with E-state index < -0.39 is 33.5 Å². The highest BCUT2D eigenvalue weighted by atomic mass is 31.2. The van der Waals surface area contributed by atoms with E-state index in [1.165, 1.54) is 18.2 Å². The minimum atomic E-state index is -3.79. The maximum Gasteiger partial charge on any atom is 0.258 e. The molecule has 0 bridgehead atoms. The van der Waals surface area contributed by atoms with Crippen LogP contribution in [0.5, 0.6) is 11.6 Å². The van der Waals surface area contributed by atoms with Crippen LogP contribution < -0.4 is 4.43 Å². The van der Waals surface area contributed by atoms with Crippen molar-refractivity contribution < 1.29 is 31.8 Å². The van der Waals surface area contributed by atoms with Crippen LogP contribution in [0, 0.1) is 17.5 Å². The van der Waals surface area contributed by atoms with Crippen LogP contribution in [-0.4, -0.2) is 29.6 Å². The average molecular weight is 711 g/mol. The third-order valence-corrected chi connectivity index (χ3v) is 18.0. The Hall–Kier alpha value is -3.59. The second kappa shape index (κ2) is 14.3. The van der Waals surface area contributed by atoms with Crippen molar-refractivity contribution >= 4 is 37.4 Å². The number of aromatic nitrogens is 2. The fourth-order valence-electron chi connectivity index (χ4n) is 7.53. The lowest BCUT2D eigenvalue weighted by molar-refractivity contribution is 0.330. The summed E-state index contributed by atoms with van der Waals surface area (Å²) < 4.78 is 73.0. The fourth-order valence-corrected chi connectivity index (χ4v) is 15.2. The molecule has 0 fully saturated rings. The van der Waals surface area contributed by atoms with Crippen LogP contribution in [0.2, 0.25) is 16.6 Å². The van der Waals surface area contributed by atoms with Gasteiger partial charge in [-0.2, -0.15) is 0 Å². The number of fused-ring (bicyclic) bond motifs is 2. The maximum atomic E-state index is 14.9. The van der Waals surface area contributed by atoms with Crippen molar-refractivity contribution in [3.05, 3.63) is 101 Å². The van der Waals surface area contributed by atoms with Crippen molar-refractivity contribution in [1.82, 2.24) is 9.55 Å². The van der Waals surface area contributed by atoms with Gasteiger partial charge in [0.25, 0.3) is 8.32 Å². The predicted molar refractivity (Wildman–Crippen MR) is 194 cm³/mol. The standard InChI is InChI=1S/C38H46F3N2O4PSi/c1-9-46-48(45,22-32-33(40)11-10-12-34(32)41)21-31-29-18-27(17-26-13-15-28(39)16-14-26)19-42-36(29)37(35-30(31)20-43(8)38(35)44)47-49(23(2)3,24(4)5)25(6)7/h10-16,18-20,23-25,44H,9,17,21-22H2,1-8H3. The van der Waals surface area contributed by atoms with Crippen molar-refractivity contribution in [2.24, 2.45) is 7.05 Å². The summed E-state index contributed by atoms with van der Waals surface area (Å²) in [4.78, 5) is 4.96. The van der Waals surface area contributed by atoms with Gasteiger partial charge in [0.05, 0.1) is 24.3 Å². The molecule has 0 radical (unpaired) electrons. The Labute approximate surface area is 287 Å². The zero-order valence-electron chi connectivity index (χ0n) is 29.5. The van der Waals surface area contributed by atoms with E-state index in [-0.39, 0.29) is 46.7 Å².